The third-order valence-corrected chi connectivity index (χ3v) is 4.56. The van der Waals surface area contributed by atoms with E-state index in [1.807, 2.05) is 38.1 Å². The number of rotatable bonds is 5. The molecular weight excluding hydrogens is 306 g/mol. The molecule has 0 saturated carbocycles. The third kappa shape index (κ3) is 3.66. The van der Waals surface area contributed by atoms with Gasteiger partial charge >= 0.3 is 0 Å². The second-order valence-corrected chi connectivity index (χ2v) is 6.72. The summed E-state index contributed by atoms with van der Waals surface area (Å²) in [6.45, 7) is 7.61. The molecule has 0 aliphatic carbocycles. The van der Waals surface area contributed by atoms with Crippen molar-refractivity contribution in [2.45, 2.75) is 58.4 Å². The first-order valence-electron chi connectivity index (χ1n) is 8.64. The molecule has 0 aromatic carbocycles. The van der Waals surface area contributed by atoms with E-state index >= 15 is 0 Å². The van der Waals surface area contributed by atoms with Gasteiger partial charge in [-0.25, -0.2) is 4.98 Å². The smallest absolute Gasteiger partial charge is 0.227 e. The van der Waals surface area contributed by atoms with Gasteiger partial charge in [0.2, 0.25) is 11.8 Å². The van der Waals surface area contributed by atoms with Crippen molar-refractivity contribution in [2.75, 3.05) is 13.1 Å². The lowest BCUT2D eigenvalue weighted by Gasteiger charge is -2.34. The van der Waals surface area contributed by atoms with Crippen LogP contribution in [0.25, 0.3) is 0 Å². The van der Waals surface area contributed by atoms with Crippen molar-refractivity contribution in [1.29, 1.82) is 0 Å². The van der Waals surface area contributed by atoms with E-state index in [0.29, 0.717) is 30.6 Å². The van der Waals surface area contributed by atoms with Crippen LogP contribution in [0, 0.1) is 6.92 Å². The zero-order chi connectivity index (χ0) is 17.1. The molecule has 1 saturated heterocycles. The highest BCUT2D eigenvalue weighted by Gasteiger charge is 2.25. The van der Waals surface area contributed by atoms with Crippen molar-refractivity contribution in [2.24, 2.45) is 0 Å². The van der Waals surface area contributed by atoms with Crippen molar-refractivity contribution < 1.29 is 9.32 Å². The normalized spacial score (nSPS) is 18.3. The molecule has 3 rings (SSSR count). The van der Waals surface area contributed by atoms with Gasteiger partial charge in [-0.3, -0.25) is 4.79 Å². The molecule has 1 aliphatic rings. The molecule has 1 fully saturated rings. The number of carbonyl (C=O) groups excluding carboxylic acids is 1. The number of aromatic nitrogens is 4. The summed E-state index contributed by atoms with van der Waals surface area (Å²) in [5.74, 6) is 2.64. The lowest BCUT2D eigenvalue weighted by Crippen LogP contribution is -2.40. The van der Waals surface area contributed by atoms with E-state index < -0.39 is 0 Å². The minimum atomic E-state index is 0.154. The molecule has 1 aliphatic heterocycles. The van der Waals surface area contributed by atoms with Crippen LogP contribution < -0.4 is 0 Å². The Morgan fingerprint density at radius 3 is 2.96 bits per heavy atom. The van der Waals surface area contributed by atoms with Gasteiger partial charge in [-0.2, -0.15) is 4.98 Å². The first-order valence-corrected chi connectivity index (χ1v) is 8.64. The first kappa shape index (κ1) is 16.7. The summed E-state index contributed by atoms with van der Waals surface area (Å²) < 4.78 is 7.39. The summed E-state index contributed by atoms with van der Waals surface area (Å²) in [6.07, 6.45) is 6.84. The van der Waals surface area contributed by atoms with Gasteiger partial charge in [-0.05, 0) is 19.8 Å². The lowest BCUT2D eigenvalue weighted by molar-refractivity contribution is -0.132. The summed E-state index contributed by atoms with van der Waals surface area (Å²) in [5, 5.41) is 3.94. The monoisotopic (exact) mass is 331 g/mol. The Hall–Kier alpha value is -2.18. The highest BCUT2D eigenvalue weighted by atomic mass is 16.5. The predicted octanol–water partition coefficient (Wildman–Crippen LogP) is 2.49. The third-order valence-electron chi connectivity index (χ3n) is 4.56. The fourth-order valence-electron chi connectivity index (χ4n) is 3.16. The van der Waals surface area contributed by atoms with Gasteiger partial charge in [0, 0.05) is 44.2 Å². The number of nitrogens with zero attached hydrogens (tertiary/aromatic N) is 5. The number of carbonyl (C=O) groups is 1. The van der Waals surface area contributed by atoms with E-state index in [9.17, 15) is 4.79 Å². The van der Waals surface area contributed by atoms with Crippen molar-refractivity contribution >= 4 is 5.91 Å². The van der Waals surface area contributed by atoms with Gasteiger partial charge in [-0.1, -0.05) is 19.0 Å². The van der Waals surface area contributed by atoms with Crippen LogP contribution in [0.3, 0.4) is 0 Å². The zero-order valence-electron chi connectivity index (χ0n) is 14.6. The van der Waals surface area contributed by atoms with E-state index in [1.165, 1.54) is 0 Å². The zero-order valence-corrected chi connectivity index (χ0v) is 14.6. The number of hydrogen-bond acceptors (Lipinski definition) is 5. The van der Waals surface area contributed by atoms with Gasteiger partial charge in [-0.15, -0.1) is 0 Å². The number of imidazole rings is 1. The van der Waals surface area contributed by atoms with Gasteiger partial charge in [0.05, 0.1) is 6.04 Å². The van der Waals surface area contributed by atoms with Crippen LogP contribution in [0.15, 0.2) is 16.9 Å². The predicted molar refractivity (Wildman–Crippen MR) is 88.5 cm³/mol. The van der Waals surface area contributed by atoms with Crippen molar-refractivity contribution in [1.82, 2.24) is 24.6 Å². The van der Waals surface area contributed by atoms with E-state index in [2.05, 4.69) is 19.7 Å². The van der Waals surface area contributed by atoms with Crippen LogP contribution in [0.5, 0.6) is 0 Å². The number of hydrogen-bond donors (Lipinski definition) is 0. The average Bonchev–Trinajstić information content (AvgIpc) is 3.21. The maximum Gasteiger partial charge on any atom is 0.227 e. The maximum absolute atomic E-state index is 12.5. The number of amides is 1. The maximum atomic E-state index is 12.5. The molecule has 7 heteroatoms. The fraction of sp³-hybridized carbons (Fsp3) is 0.647. The highest BCUT2D eigenvalue weighted by Crippen LogP contribution is 2.23. The largest absolute Gasteiger partial charge is 0.341 e. The van der Waals surface area contributed by atoms with Gasteiger partial charge < -0.3 is 14.0 Å². The minimum Gasteiger partial charge on any atom is -0.341 e. The van der Waals surface area contributed by atoms with Crippen molar-refractivity contribution in [3.8, 4) is 0 Å². The Bertz CT molecular complexity index is 691. The van der Waals surface area contributed by atoms with Crippen molar-refractivity contribution in [3.63, 3.8) is 0 Å². The quantitative estimate of drug-likeness (QED) is 0.841. The minimum absolute atomic E-state index is 0.154. The standard InChI is InChI=1S/C17H25N5O2/c1-12(2)17-19-15(24-20-17)6-7-16(23)21-9-4-5-14(11-21)22-10-8-18-13(22)3/h8,10,12,14H,4-7,9,11H2,1-3H3. The molecule has 0 N–H and O–H groups in total. The van der Waals surface area contributed by atoms with E-state index in [-0.39, 0.29) is 11.8 Å². The Kier molecular flexibility index (Phi) is 4.97. The van der Waals surface area contributed by atoms with Crippen molar-refractivity contribution in [3.05, 3.63) is 29.9 Å². The molecule has 0 radical (unpaired) electrons. The molecule has 2 aromatic heterocycles. The summed E-state index contributed by atoms with van der Waals surface area (Å²) >= 11 is 0. The molecule has 24 heavy (non-hydrogen) atoms. The Labute approximate surface area is 142 Å². The second-order valence-electron chi connectivity index (χ2n) is 6.72. The summed E-state index contributed by atoms with van der Waals surface area (Å²) in [6, 6.07) is 0.321. The van der Waals surface area contributed by atoms with Gasteiger partial charge in [0.15, 0.2) is 5.82 Å². The molecule has 7 nitrogen and oxygen atoms in total. The SMILES string of the molecule is Cc1nccn1C1CCCN(C(=O)CCc2nc(C(C)C)no2)C1. The summed E-state index contributed by atoms with van der Waals surface area (Å²) in [5.41, 5.74) is 0. The topological polar surface area (TPSA) is 77.1 Å². The molecular formula is C17H25N5O2. The van der Waals surface area contributed by atoms with Crippen LogP contribution in [0.4, 0.5) is 0 Å². The van der Waals surface area contributed by atoms with Crippen LogP contribution in [-0.4, -0.2) is 43.6 Å². The first-order chi connectivity index (χ1) is 11.5. The Morgan fingerprint density at radius 1 is 1.46 bits per heavy atom. The van der Waals surface area contributed by atoms with Crippen LogP contribution >= 0.6 is 0 Å². The molecule has 0 bridgehead atoms. The number of piperidine rings is 1. The number of aryl methyl sites for hydroxylation is 2. The molecule has 1 atom stereocenters. The summed E-state index contributed by atoms with van der Waals surface area (Å²) in [7, 11) is 0. The molecule has 2 aromatic rings. The average molecular weight is 331 g/mol. The van der Waals surface area contributed by atoms with E-state index in [0.717, 1.165) is 31.8 Å². The highest BCUT2D eigenvalue weighted by molar-refractivity contribution is 5.76. The number of likely N-dealkylation sites (tertiary alicyclic amines) is 1. The van der Waals surface area contributed by atoms with E-state index in [4.69, 9.17) is 4.52 Å². The van der Waals surface area contributed by atoms with Gasteiger partial charge in [0.1, 0.15) is 5.82 Å². The van der Waals surface area contributed by atoms with Crippen LogP contribution in [0.2, 0.25) is 0 Å². The summed E-state index contributed by atoms with van der Waals surface area (Å²) in [4.78, 5) is 23.1. The fourth-order valence-corrected chi connectivity index (χ4v) is 3.16. The Balaban J connectivity index is 1.55. The second kappa shape index (κ2) is 7.15. The molecule has 0 spiro atoms. The Morgan fingerprint density at radius 2 is 2.29 bits per heavy atom. The van der Waals surface area contributed by atoms with Crippen LogP contribution in [0.1, 0.15) is 62.6 Å². The molecule has 3 heterocycles. The lowest BCUT2D eigenvalue weighted by atomic mass is 10.0. The molecule has 130 valence electrons. The van der Waals surface area contributed by atoms with Crippen LogP contribution in [-0.2, 0) is 11.2 Å². The molecule has 1 unspecified atom stereocenters. The van der Waals surface area contributed by atoms with Gasteiger partial charge in [0.25, 0.3) is 0 Å². The van der Waals surface area contributed by atoms with E-state index in [1.54, 1.807) is 0 Å². The molecule has 1 amide bonds.